The van der Waals surface area contributed by atoms with Gasteiger partial charge in [0.25, 0.3) is 0 Å². The predicted molar refractivity (Wildman–Crippen MR) is 115 cm³/mol. The molecule has 1 amide bonds. The van der Waals surface area contributed by atoms with Gasteiger partial charge in [0, 0.05) is 37.8 Å². The van der Waals surface area contributed by atoms with Crippen molar-refractivity contribution in [3.8, 4) is 17.2 Å². The van der Waals surface area contributed by atoms with Gasteiger partial charge < -0.3 is 24.0 Å². The van der Waals surface area contributed by atoms with E-state index in [9.17, 15) is 4.79 Å². The maximum Gasteiger partial charge on any atom is 0.246 e. The molecule has 0 atom stereocenters. The molecule has 1 aliphatic heterocycles. The molecule has 6 heteroatoms. The van der Waals surface area contributed by atoms with Crippen molar-refractivity contribution in [1.82, 2.24) is 4.90 Å². The van der Waals surface area contributed by atoms with Gasteiger partial charge in [-0.05, 0) is 43.3 Å². The third kappa shape index (κ3) is 5.02. The van der Waals surface area contributed by atoms with Crippen LogP contribution in [0.25, 0.3) is 6.08 Å². The summed E-state index contributed by atoms with van der Waals surface area (Å²) in [6.45, 7) is 5.49. The van der Waals surface area contributed by atoms with Gasteiger partial charge in [-0.2, -0.15) is 0 Å². The van der Waals surface area contributed by atoms with Crippen LogP contribution in [0.2, 0.25) is 0 Å². The fourth-order valence-electron chi connectivity index (χ4n) is 3.40. The first-order chi connectivity index (χ1) is 14.2. The number of carbonyl (C=O) groups is 1. The van der Waals surface area contributed by atoms with Crippen molar-refractivity contribution in [3.63, 3.8) is 0 Å². The van der Waals surface area contributed by atoms with Gasteiger partial charge in [-0.25, -0.2) is 0 Å². The molecule has 0 spiro atoms. The minimum atomic E-state index is -0.00684. The number of piperazine rings is 1. The lowest BCUT2D eigenvalue weighted by atomic mass is 10.1. The van der Waals surface area contributed by atoms with Crippen LogP contribution in [-0.2, 0) is 4.79 Å². The van der Waals surface area contributed by atoms with E-state index in [-0.39, 0.29) is 5.91 Å². The van der Waals surface area contributed by atoms with E-state index >= 15 is 0 Å². The third-order valence-electron chi connectivity index (χ3n) is 4.94. The van der Waals surface area contributed by atoms with Crippen LogP contribution in [0.1, 0.15) is 12.5 Å². The number of rotatable bonds is 7. The molecule has 2 aromatic carbocycles. The fraction of sp³-hybridized carbons (Fsp3) is 0.348. The second-order valence-electron chi connectivity index (χ2n) is 6.65. The van der Waals surface area contributed by atoms with E-state index in [1.807, 2.05) is 48.2 Å². The molecule has 1 heterocycles. The number of carbonyl (C=O) groups excluding carboxylic acids is 1. The number of nitrogens with zero attached hydrogens (tertiary/aromatic N) is 2. The topological polar surface area (TPSA) is 51.2 Å². The van der Waals surface area contributed by atoms with E-state index in [1.54, 1.807) is 26.4 Å². The summed E-state index contributed by atoms with van der Waals surface area (Å²) in [5.74, 6) is 2.30. The Morgan fingerprint density at radius 2 is 1.76 bits per heavy atom. The highest BCUT2D eigenvalue weighted by molar-refractivity contribution is 5.92. The van der Waals surface area contributed by atoms with Crippen LogP contribution < -0.4 is 19.1 Å². The van der Waals surface area contributed by atoms with Gasteiger partial charge in [-0.1, -0.05) is 12.1 Å². The number of para-hydroxylation sites is 2. The quantitative estimate of drug-likeness (QED) is 0.671. The Morgan fingerprint density at radius 3 is 2.45 bits per heavy atom. The molecular weight excluding hydrogens is 368 g/mol. The summed E-state index contributed by atoms with van der Waals surface area (Å²) in [4.78, 5) is 16.8. The van der Waals surface area contributed by atoms with Gasteiger partial charge in [0.05, 0.1) is 26.5 Å². The van der Waals surface area contributed by atoms with E-state index in [4.69, 9.17) is 14.2 Å². The summed E-state index contributed by atoms with van der Waals surface area (Å²) in [6.07, 6.45) is 3.38. The van der Waals surface area contributed by atoms with Crippen LogP contribution >= 0.6 is 0 Å². The molecule has 0 aromatic heterocycles. The van der Waals surface area contributed by atoms with Gasteiger partial charge in [0.1, 0.15) is 17.2 Å². The van der Waals surface area contributed by atoms with Crippen molar-refractivity contribution >= 4 is 17.7 Å². The van der Waals surface area contributed by atoms with Crippen LogP contribution in [0.15, 0.2) is 48.5 Å². The van der Waals surface area contributed by atoms with E-state index in [0.717, 1.165) is 35.8 Å². The number of hydrogen-bond donors (Lipinski definition) is 0. The Hall–Kier alpha value is -3.15. The molecule has 0 radical (unpaired) electrons. The van der Waals surface area contributed by atoms with Crippen molar-refractivity contribution in [2.45, 2.75) is 6.92 Å². The Kier molecular flexibility index (Phi) is 7.00. The summed E-state index contributed by atoms with van der Waals surface area (Å²) in [7, 11) is 3.23. The first kappa shape index (κ1) is 20.6. The Morgan fingerprint density at radius 1 is 1.00 bits per heavy atom. The van der Waals surface area contributed by atoms with Gasteiger partial charge in [-0.15, -0.1) is 0 Å². The zero-order valence-corrected chi connectivity index (χ0v) is 17.3. The summed E-state index contributed by atoms with van der Waals surface area (Å²) in [5.41, 5.74) is 1.89. The van der Waals surface area contributed by atoms with Gasteiger partial charge >= 0.3 is 0 Å². The normalized spacial score (nSPS) is 14.2. The number of anilines is 1. The Bertz CT molecular complexity index is 858. The third-order valence-corrected chi connectivity index (χ3v) is 4.94. The zero-order valence-electron chi connectivity index (χ0n) is 17.3. The molecule has 0 saturated carbocycles. The van der Waals surface area contributed by atoms with E-state index < -0.39 is 0 Å². The SMILES string of the molecule is CCOc1ccccc1N1CCN(C(=O)/C=C/c2cc(OC)ccc2OC)CC1. The summed E-state index contributed by atoms with van der Waals surface area (Å²) in [5, 5.41) is 0. The van der Waals surface area contributed by atoms with Crippen molar-refractivity contribution < 1.29 is 19.0 Å². The molecule has 2 aromatic rings. The molecule has 0 unspecified atom stereocenters. The summed E-state index contributed by atoms with van der Waals surface area (Å²) >= 11 is 0. The van der Waals surface area contributed by atoms with E-state index in [1.165, 1.54) is 0 Å². The largest absolute Gasteiger partial charge is 0.497 e. The van der Waals surface area contributed by atoms with Crippen molar-refractivity contribution in [3.05, 3.63) is 54.1 Å². The van der Waals surface area contributed by atoms with Crippen LogP contribution in [0, 0.1) is 0 Å². The summed E-state index contributed by atoms with van der Waals surface area (Å²) in [6, 6.07) is 13.6. The number of methoxy groups -OCH3 is 2. The number of hydrogen-bond acceptors (Lipinski definition) is 5. The molecule has 3 rings (SSSR count). The maximum absolute atomic E-state index is 12.7. The van der Waals surface area contributed by atoms with E-state index in [0.29, 0.717) is 25.4 Å². The predicted octanol–water partition coefficient (Wildman–Crippen LogP) is 3.46. The molecule has 6 nitrogen and oxygen atoms in total. The standard InChI is InChI=1S/C23H28N2O4/c1-4-29-22-8-6-5-7-20(22)24-13-15-25(16-14-24)23(26)12-9-18-17-19(27-2)10-11-21(18)28-3/h5-12,17H,4,13-16H2,1-3H3/b12-9+. The van der Waals surface area contributed by atoms with Crippen molar-refractivity contribution in [2.24, 2.45) is 0 Å². The van der Waals surface area contributed by atoms with Crippen molar-refractivity contribution in [2.75, 3.05) is 51.9 Å². The smallest absolute Gasteiger partial charge is 0.246 e. The minimum absolute atomic E-state index is 0.00684. The van der Waals surface area contributed by atoms with Crippen molar-refractivity contribution in [1.29, 1.82) is 0 Å². The maximum atomic E-state index is 12.7. The highest BCUT2D eigenvalue weighted by Crippen LogP contribution is 2.29. The molecule has 0 bridgehead atoms. The van der Waals surface area contributed by atoms with Crippen LogP contribution in [0.3, 0.4) is 0 Å². The lowest BCUT2D eigenvalue weighted by molar-refractivity contribution is -0.126. The van der Waals surface area contributed by atoms with Gasteiger partial charge in [0.15, 0.2) is 0 Å². The van der Waals surface area contributed by atoms with E-state index in [2.05, 4.69) is 11.0 Å². The fourth-order valence-corrected chi connectivity index (χ4v) is 3.40. The average Bonchev–Trinajstić information content (AvgIpc) is 2.78. The van der Waals surface area contributed by atoms with Gasteiger partial charge in [0.2, 0.25) is 5.91 Å². The Labute approximate surface area is 172 Å². The molecule has 1 aliphatic rings. The summed E-state index contributed by atoms with van der Waals surface area (Å²) < 4.78 is 16.4. The molecule has 0 N–H and O–H groups in total. The van der Waals surface area contributed by atoms with Crippen LogP contribution in [0.5, 0.6) is 17.2 Å². The highest BCUT2D eigenvalue weighted by atomic mass is 16.5. The second-order valence-corrected chi connectivity index (χ2v) is 6.65. The molecule has 29 heavy (non-hydrogen) atoms. The van der Waals surface area contributed by atoms with Crippen LogP contribution in [0.4, 0.5) is 5.69 Å². The second kappa shape index (κ2) is 9.87. The number of benzene rings is 2. The van der Waals surface area contributed by atoms with Gasteiger partial charge in [-0.3, -0.25) is 4.79 Å². The average molecular weight is 396 g/mol. The molecular formula is C23H28N2O4. The lowest BCUT2D eigenvalue weighted by Gasteiger charge is -2.36. The molecule has 0 aliphatic carbocycles. The number of ether oxygens (including phenoxy) is 3. The monoisotopic (exact) mass is 396 g/mol. The molecule has 1 saturated heterocycles. The zero-order chi connectivity index (χ0) is 20.6. The molecule has 154 valence electrons. The minimum Gasteiger partial charge on any atom is -0.497 e. The lowest BCUT2D eigenvalue weighted by Crippen LogP contribution is -2.48. The first-order valence-electron chi connectivity index (χ1n) is 9.82. The Balaban J connectivity index is 1.63. The first-order valence-corrected chi connectivity index (χ1v) is 9.82. The van der Waals surface area contributed by atoms with Crippen LogP contribution in [-0.4, -0.2) is 57.8 Å². The highest BCUT2D eigenvalue weighted by Gasteiger charge is 2.21. The number of amides is 1. The molecule has 1 fully saturated rings.